The van der Waals surface area contributed by atoms with E-state index in [1.807, 2.05) is 6.07 Å². The minimum absolute atomic E-state index is 0.0172. The van der Waals surface area contributed by atoms with Crippen molar-refractivity contribution >= 4 is 16.9 Å². The van der Waals surface area contributed by atoms with Crippen LogP contribution in [0.4, 0.5) is 0 Å². The maximum Gasteiger partial charge on any atom is 0.342 e. The van der Waals surface area contributed by atoms with E-state index in [2.05, 4.69) is 6.07 Å². The smallest absolute Gasteiger partial charge is 0.342 e. The number of fused-ring (bicyclic) bond motifs is 2. The molecule has 1 aliphatic rings. The zero-order valence-corrected chi connectivity index (χ0v) is 14.2. The molecule has 25 heavy (non-hydrogen) atoms. The fourth-order valence-electron chi connectivity index (χ4n) is 3.47. The fourth-order valence-corrected chi connectivity index (χ4v) is 3.47. The molecule has 0 bridgehead atoms. The van der Waals surface area contributed by atoms with Gasteiger partial charge in [-0.3, -0.25) is 0 Å². The number of rotatable bonds is 3. The van der Waals surface area contributed by atoms with Crippen LogP contribution in [0.5, 0.6) is 0 Å². The summed E-state index contributed by atoms with van der Waals surface area (Å²) in [4.78, 5) is 24.1. The molecular formula is C20H18O5. The Hall–Kier alpha value is -2.82. The van der Waals surface area contributed by atoms with E-state index in [4.69, 9.17) is 13.6 Å². The van der Waals surface area contributed by atoms with Gasteiger partial charge >= 0.3 is 11.6 Å². The van der Waals surface area contributed by atoms with Crippen molar-refractivity contribution < 1.29 is 18.4 Å². The predicted octanol–water partition coefficient (Wildman–Crippen LogP) is 3.85. The topological polar surface area (TPSA) is 69.7 Å². The van der Waals surface area contributed by atoms with Crippen LogP contribution in [0.1, 0.15) is 45.0 Å². The number of furan rings is 1. The van der Waals surface area contributed by atoms with Crippen LogP contribution in [0.25, 0.3) is 11.0 Å². The average Bonchev–Trinajstić information content (AvgIpc) is 3.15. The summed E-state index contributed by atoms with van der Waals surface area (Å²) < 4.78 is 16.1. The molecule has 0 radical (unpaired) electrons. The first-order valence-electron chi connectivity index (χ1n) is 8.34. The Morgan fingerprint density at radius 2 is 1.84 bits per heavy atom. The highest BCUT2D eigenvalue weighted by Gasteiger charge is 2.18. The molecule has 4 rings (SSSR count). The van der Waals surface area contributed by atoms with Crippen molar-refractivity contribution in [3.05, 3.63) is 68.5 Å². The van der Waals surface area contributed by atoms with Crippen LogP contribution in [0.15, 0.2) is 37.9 Å². The highest BCUT2D eigenvalue weighted by Crippen LogP contribution is 2.29. The first-order valence-corrected chi connectivity index (χ1v) is 8.34. The lowest BCUT2D eigenvalue weighted by Crippen LogP contribution is -2.08. The van der Waals surface area contributed by atoms with E-state index < -0.39 is 11.6 Å². The van der Waals surface area contributed by atoms with Crippen molar-refractivity contribution in [1.82, 2.24) is 0 Å². The quantitative estimate of drug-likeness (QED) is 0.536. The number of carbonyl (C=O) groups excluding carboxylic acids is 1. The highest BCUT2D eigenvalue weighted by atomic mass is 16.5. The van der Waals surface area contributed by atoms with Crippen molar-refractivity contribution in [1.29, 1.82) is 0 Å². The van der Waals surface area contributed by atoms with Gasteiger partial charge in [0.25, 0.3) is 0 Å². The van der Waals surface area contributed by atoms with Crippen molar-refractivity contribution in [3.8, 4) is 0 Å². The van der Waals surface area contributed by atoms with E-state index in [1.54, 1.807) is 19.9 Å². The lowest BCUT2D eigenvalue weighted by atomic mass is 10.0. The summed E-state index contributed by atoms with van der Waals surface area (Å²) in [6, 6.07) is 7.04. The van der Waals surface area contributed by atoms with E-state index >= 15 is 0 Å². The number of hydrogen-bond donors (Lipinski definition) is 0. The van der Waals surface area contributed by atoms with Gasteiger partial charge in [0.2, 0.25) is 0 Å². The molecule has 0 saturated carbocycles. The second kappa shape index (κ2) is 5.92. The van der Waals surface area contributed by atoms with Crippen molar-refractivity contribution in [2.75, 3.05) is 0 Å². The third-order valence-corrected chi connectivity index (χ3v) is 4.66. The molecule has 0 atom stereocenters. The molecule has 0 spiro atoms. The lowest BCUT2D eigenvalue weighted by molar-refractivity contribution is 0.0472. The van der Waals surface area contributed by atoms with Gasteiger partial charge in [-0.05, 0) is 62.4 Å². The van der Waals surface area contributed by atoms with E-state index in [-0.39, 0.29) is 6.61 Å². The first kappa shape index (κ1) is 15.7. The molecule has 5 nitrogen and oxygen atoms in total. The Morgan fingerprint density at radius 1 is 1.08 bits per heavy atom. The summed E-state index contributed by atoms with van der Waals surface area (Å²) in [6.07, 6.45) is 3.14. The molecular weight excluding hydrogens is 320 g/mol. The largest absolute Gasteiger partial charge is 0.466 e. The summed E-state index contributed by atoms with van der Waals surface area (Å²) >= 11 is 0. The second-order valence-corrected chi connectivity index (χ2v) is 6.46. The molecule has 0 N–H and O–H groups in total. The van der Waals surface area contributed by atoms with Crippen LogP contribution < -0.4 is 5.63 Å². The summed E-state index contributed by atoms with van der Waals surface area (Å²) in [5, 5.41) is 0.827. The average molecular weight is 338 g/mol. The van der Waals surface area contributed by atoms with Crippen LogP contribution >= 0.6 is 0 Å². The van der Waals surface area contributed by atoms with Gasteiger partial charge in [0.1, 0.15) is 29.3 Å². The Balaban J connectivity index is 1.66. The Morgan fingerprint density at radius 3 is 2.56 bits per heavy atom. The van der Waals surface area contributed by atoms with E-state index in [9.17, 15) is 9.59 Å². The monoisotopic (exact) mass is 338 g/mol. The zero-order chi connectivity index (χ0) is 17.6. The summed E-state index contributed by atoms with van der Waals surface area (Å²) in [5.41, 5.74) is 3.68. The molecule has 5 heteroatoms. The second-order valence-electron chi connectivity index (χ2n) is 6.46. The SMILES string of the molecule is Cc1cc(C(=O)OCc2cc(=O)oc3cc4c(cc23)CCC4)c(C)o1. The van der Waals surface area contributed by atoms with Gasteiger partial charge in [0, 0.05) is 17.0 Å². The number of hydrogen-bond acceptors (Lipinski definition) is 5. The maximum atomic E-state index is 12.3. The molecule has 1 aliphatic carbocycles. The number of ether oxygens (including phenoxy) is 1. The summed E-state index contributed by atoms with van der Waals surface area (Å²) in [7, 11) is 0. The van der Waals surface area contributed by atoms with E-state index in [1.165, 1.54) is 17.2 Å². The molecule has 0 aliphatic heterocycles. The Kier molecular flexibility index (Phi) is 3.71. The van der Waals surface area contributed by atoms with Crippen molar-refractivity contribution in [3.63, 3.8) is 0 Å². The molecule has 0 fully saturated rings. The van der Waals surface area contributed by atoms with Gasteiger partial charge in [0.05, 0.1) is 0 Å². The number of esters is 1. The lowest BCUT2D eigenvalue weighted by Gasteiger charge is -2.09. The van der Waals surface area contributed by atoms with Gasteiger partial charge < -0.3 is 13.6 Å². The minimum Gasteiger partial charge on any atom is -0.466 e. The van der Waals surface area contributed by atoms with Crippen LogP contribution in [0.2, 0.25) is 0 Å². The molecule has 2 heterocycles. The van der Waals surface area contributed by atoms with Crippen molar-refractivity contribution in [2.45, 2.75) is 39.7 Å². The fraction of sp³-hybridized carbons (Fsp3) is 0.300. The molecule has 0 amide bonds. The summed E-state index contributed by atoms with van der Waals surface area (Å²) in [5.74, 6) is 0.723. The summed E-state index contributed by atoms with van der Waals surface area (Å²) in [6.45, 7) is 3.52. The Bertz CT molecular complexity index is 1040. The molecule has 3 aromatic rings. The van der Waals surface area contributed by atoms with Gasteiger partial charge in [-0.25, -0.2) is 9.59 Å². The molecule has 128 valence electrons. The third-order valence-electron chi connectivity index (χ3n) is 4.66. The van der Waals surface area contributed by atoms with E-state index in [0.717, 1.165) is 24.6 Å². The highest BCUT2D eigenvalue weighted by molar-refractivity contribution is 5.91. The number of benzene rings is 1. The molecule has 1 aromatic carbocycles. The predicted molar refractivity (Wildman–Crippen MR) is 91.8 cm³/mol. The van der Waals surface area contributed by atoms with Crippen LogP contribution in [-0.4, -0.2) is 5.97 Å². The molecule has 0 unspecified atom stereocenters. The van der Waals surface area contributed by atoms with Gasteiger partial charge in [0.15, 0.2) is 0 Å². The number of carbonyl (C=O) groups is 1. The third kappa shape index (κ3) is 2.86. The zero-order valence-electron chi connectivity index (χ0n) is 14.2. The molecule has 2 aromatic heterocycles. The maximum absolute atomic E-state index is 12.3. The Labute approximate surface area is 144 Å². The van der Waals surface area contributed by atoms with Gasteiger partial charge in [-0.2, -0.15) is 0 Å². The van der Waals surface area contributed by atoms with Crippen LogP contribution in [0, 0.1) is 13.8 Å². The van der Waals surface area contributed by atoms with Crippen molar-refractivity contribution in [2.24, 2.45) is 0 Å². The first-order chi connectivity index (χ1) is 12.0. The normalized spacial score (nSPS) is 13.2. The number of aryl methyl sites for hydroxylation is 4. The standard InChI is InChI=1S/C20H18O5/c1-11-6-16(12(2)24-11)20(22)23-10-15-9-19(21)25-18-8-14-5-3-4-13(14)7-17(15)18/h6-9H,3-5,10H2,1-2H3. The van der Waals surface area contributed by atoms with Crippen LogP contribution in [-0.2, 0) is 24.2 Å². The van der Waals surface area contributed by atoms with Gasteiger partial charge in [-0.1, -0.05) is 0 Å². The van der Waals surface area contributed by atoms with E-state index in [0.29, 0.717) is 28.2 Å². The minimum atomic E-state index is -0.461. The van der Waals surface area contributed by atoms with Gasteiger partial charge in [-0.15, -0.1) is 0 Å². The van der Waals surface area contributed by atoms with Crippen LogP contribution in [0.3, 0.4) is 0 Å². The molecule has 0 saturated heterocycles.